The van der Waals surface area contributed by atoms with E-state index in [9.17, 15) is 4.39 Å². The van der Waals surface area contributed by atoms with Crippen molar-refractivity contribution in [3.8, 4) is 0 Å². The Morgan fingerprint density at radius 2 is 2.06 bits per heavy atom. The van der Waals surface area contributed by atoms with Crippen LogP contribution in [-0.4, -0.2) is 26.3 Å². The maximum atomic E-state index is 14.0. The molecule has 2 rings (SSSR count). The Morgan fingerprint density at radius 1 is 1.39 bits per heavy atom. The highest BCUT2D eigenvalue weighted by molar-refractivity contribution is 5.50. The van der Waals surface area contributed by atoms with Gasteiger partial charge in [-0.1, -0.05) is 6.07 Å². The molecule has 0 radical (unpaired) electrons. The first-order valence-electron chi connectivity index (χ1n) is 6.44. The van der Waals surface area contributed by atoms with Gasteiger partial charge in [0.2, 0.25) is 0 Å². The minimum atomic E-state index is -0.180. The summed E-state index contributed by atoms with van der Waals surface area (Å²) in [5.41, 5.74) is 7.26. The van der Waals surface area contributed by atoms with Crippen molar-refractivity contribution in [1.82, 2.24) is 0 Å². The molecule has 1 aliphatic rings. The van der Waals surface area contributed by atoms with Crippen LogP contribution in [0.1, 0.15) is 31.4 Å². The monoisotopic (exact) mass is 252 g/mol. The van der Waals surface area contributed by atoms with Gasteiger partial charge in [0, 0.05) is 26.2 Å². The highest BCUT2D eigenvalue weighted by Gasteiger charge is 2.21. The summed E-state index contributed by atoms with van der Waals surface area (Å²) >= 11 is 0. The van der Waals surface area contributed by atoms with Gasteiger partial charge >= 0.3 is 0 Å². The van der Waals surface area contributed by atoms with Gasteiger partial charge in [0.15, 0.2) is 0 Å². The fraction of sp³-hybridized carbons (Fsp3) is 0.571. The molecule has 1 fully saturated rings. The smallest absolute Gasteiger partial charge is 0.146 e. The van der Waals surface area contributed by atoms with Gasteiger partial charge in [-0.3, -0.25) is 0 Å². The lowest BCUT2D eigenvalue weighted by Gasteiger charge is -2.33. The molecule has 1 aromatic rings. The van der Waals surface area contributed by atoms with Crippen LogP contribution in [0.3, 0.4) is 0 Å². The van der Waals surface area contributed by atoms with Gasteiger partial charge in [0.1, 0.15) is 5.82 Å². The lowest BCUT2D eigenvalue weighted by atomic mass is 10.0. The van der Waals surface area contributed by atoms with Crippen molar-refractivity contribution in [2.24, 2.45) is 5.73 Å². The van der Waals surface area contributed by atoms with E-state index in [1.54, 1.807) is 13.2 Å². The standard InChI is InChI=1S/C14H21FN2O/c1-10(16)11-3-4-14(13(15)9-11)17-7-5-12(18-2)6-8-17/h3-4,9-10,12H,5-8,16H2,1-2H3/t10-/m1/s1. The van der Waals surface area contributed by atoms with Crippen molar-refractivity contribution in [1.29, 1.82) is 0 Å². The molecule has 0 saturated carbocycles. The predicted octanol–water partition coefficient (Wildman–Crippen LogP) is 2.46. The van der Waals surface area contributed by atoms with Crippen molar-refractivity contribution in [3.05, 3.63) is 29.6 Å². The second-order valence-corrected chi connectivity index (χ2v) is 4.92. The average Bonchev–Trinajstić information content (AvgIpc) is 2.38. The first kappa shape index (κ1) is 13.3. The predicted molar refractivity (Wildman–Crippen MR) is 71.2 cm³/mol. The third kappa shape index (κ3) is 2.82. The normalized spacial score (nSPS) is 19.0. The zero-order chi connectivity index (χ0) is 13.1. The van der Waals surface area contributed by atoms with Gasteiger partial charge in [-0.25, -0.2) is 4.39 Å². The van der Waals surface area contributed by atoms with E-state index in [4.69, 9.17) is 10.5 Å². The fourth-order valence-electron chi connectivity index (χ4n) is 2.40. The number of halogens is 1. The van der Waals surface area contributed by atoms with Crippen LogP contribution in [0.4, 0.5) is 10.1 Å². The van der Waals surface area contributed by atoms with Crippen molar-refractivity contribution >= 4 is 5.69 Å². The summed E-state index contributed by atoms with van der Waals surface area (Å²) in [6, 6.07) is 5.16. The van der Waals surface area contributed by atoms with E-state index in [1.807, 2.05) is 19.1 Å². The minimum absolute atomic E-state index is 0.132. The van der Waals surface area contributed by atoms with Crippen LogP contribution in [0.2, 0.25) is 0 Å². The van der Waals surface area contributed by atoms with Crippen LogP contribution >= 0.6 is 0 Å². The second-order valence-electron chi connectivity index (χ2n) is 4.92. The van der Waals surface area contributed by atoms with Crippen molar-refractivity contribution in [2.75, 3.05) is 25.1 Å². The average molecular weight is 252 g/mol. The molecular weight excluding hydrogens is 231 g/mol. The lowest BCUT2D eigenvalue weighted by Crippen LogP contribution is -2.37. The van der Waals surface area contributed by atoms with Gasteiger partial charge < -0.3 is 15.4 Å². The molecule has 1 aromatic carbocycles. The fourth-order valence-corrected chi connectivity index (χ4v) is 2.40. The highest BCUT2D eigenvalue weighted by atomic mass is 19.1. The van der Waals surface area contributed by atoms with E-state index in [0.29, 0.717) is 11.8 Å². The van der Waals surface area contributed by atoms with Gasteiger partial charge in [0.05, 0.1) is 11.8 Å². The van der Waals surface area contributed by atoms with E-state index < -0.39 is 0 Å². The number of rotatable bonds is 3. The number of ether oxygens (including phenoxy) is 1. The summed E-state index contributed by atoms with van der Waals surface area (Å²) in [5, 5.41) is 0. The summed E-state index contributed by atoms with van der Waals surface area (Å²) in [7, 11) is 1.73. The molecule has 0 amide bonds. The third-order valence-corrected chi connectivity index (χ3v) is 3.61. The SMILES string of the molecule is COC1CCN(c2ccc([C@@H](C)N)cc2F)CC1. The molecular formula is C14H21FN2O. The minimum Gasteiger partial charge on any atom is -0.381 e. The Morgan fingerprint density at radius 3 is 2.56 bits per heavy atom. The number of piperidine rings is 1. The van der Waals surface area contributed by atoms with Gasteiger partial charge in [0.25, 0.3) is 0 Å². The van der Waals surface area contributed by atoms with Gasteiger partial charge in [-0.2, -0.15) is 0 Å². The number of nitrogens with two attached hydrogens (primary N) is 1. The maximum absolute atomic E-state index is 14.0. The first-order valence-corrected chi connectivity index (χ1v) is 6.44. The molecule has 0 aromatic heterocycles. The molecule has 1 aliphatic heterocycles. The molecule has 1 heterocycles. The van der Waals surface area contributed by atoms with E-state index >= 15 is 0 Å². The zero-order valence-electron chi connectivity index (χ0n) is 11.0. The Hall–Kier alpha value is -1.13. The quantitative estimate of drug-likeness (QED) is 0.898. The third-order valence-electron chi connectivity index (χ3n) is 3.61. The van der Waals surface area contributed by atoms with Gasteiger partial charge in [-0.15, -0.1) is 0 Å². The number of methoxy groups -OCH3 is 1. The first-order chi connectivity index (χ1) is 8.61. The maximum Gasteiger partial charge on any atom is 0.146 e. The zero-order valence-corrected chi connectivity index (χ0v) is 11.0. The van der Waals surface area contributed by atoms with Crippen LogP contribution in [0.5, 0.6) is 0 Å². The summed E-state index contributed by atoms with van der Waals surface area (Å²) in [6.45, 7) is 3.54. The second kappa shape index (κ2) is 5.67. The van der Waals surface area contributed by atoms with Crippen LogP contribution in [0, 0.1) is 5.82 Å². The van der Waals surface area contributed by atoms with Crippen LogP contribution in [0.25, 0.3) is 0 Å². The Labute approximate surface area is 108 Å². The van der Waals surface area contributed by atoms with E-state index in [1.165, 1.54) is 0 Å². The summed E-state index contributed by atoms with van der Waals surface area (Å²) in [6.07, 6.45) is 2.21. The molecule has 0 spiro atoms. The van der Waals surface area contributed by atoms with E-state index in [2.05, 4.69) is 4.90 Å². The largest absolute Gasteiger partial charge is 0.381 e. The highest BCUT2D eigenvalue weighted by Crippen LogP contribution is 2.26. The molecule has 2 N–H and O–H groups in total. The summed E-state index contributed by atoms with van der Waals surface area (Å²) in [4.78, 5) is 2.08. The van der Waals surface area contributed by atoms with Crippen LogP contribution < -0.4 is 10.6 Å². The number of nitrogens with zero attached hydrogens (tertiary/aromatic N) is 1. The van der Waals surface area contributed by atoms with Crippen molar-refractivity contribution < 1.29 is 9.13 Å². The van der Waals surface area contributed by atoms with Crippen molar-refractivity contribution in [2.45, 2.75) is 31.9 Å². The van der Waals surface area contributed by atoms with E-state index in [0.717, 1.165) is 31.5 Å². The topological polar surface area (TPSA) is 38.5 Å². The summed E-state index contributed by atoms with van der Waals surface area (Å²) in [5.74, 6) is -0.180. The molecule has 100 valence electrons. The Kier molecular flexibility index (Phi) is 4.19. The van der Waals surface area contributed by atoms with Crippen LogP contribution in [0.15, 0.2) is 18.2 Å². The number of benzene rings is 1. The molecule has 0 bridgehead atoms. The molecule has 4 heteroatoms. The van der Waals surface area contributed by atoms with Crippen LogP contribution in [-0.2, 0) is 4.74 Å². The van der Waals surface area contributed by atoms with E-state index in [-0.39, 0.29) is 11.9 Å². The lowest BCUT2D eigenvalue weighted by molar-refractivity contribution is 0.0818. The molecule has 0 aliphatic carbocycles. The van der Waals surface area contributed by atoms with Crippen molar-refractivity contribution in [3.63, 3.8) is 0 Å². The Bertz CT molecular complexity index is 401. The molecule has 1 atom stereocenters. The van der Waals surface area contributed by atoms with Gasteiger partial charge in [-0.05, 0) is 37.5 Å². The summed E-state index contributed by atoms with van der Waals surface area (Å²) < 4.78 is 19.4. The number of anilines is 1. The number of hydrogen-bond donors (Lipinski definition) is 1. The Balaban J connectivity index is 2.10. The molecule has 18 heavy (non-hydrogen) atoms. The number of hydrogen-bond acceptors (Lipinski definition) is 3. The molecule has 0 unspecified atom stereocenters. The molecule has 3 nitrogen and oxygen atoms in total. The molecule has 1 saturated heterocycles.